The van der Waals surface area contributed by atoms with Crippen LogP contribution in [-0.4, -0.2) is 80.1 Å². The van der Waals surface area contributed by atoms with Crippen molar-refractivity contribution in [1.29, 1.82) is 0 Å². The van der Waals surface area contributed by atoms with Crippen molar-refractivity contribution < 1.29 is 19.1 Å². The van der Waals surface area contributed by atoms with Gasteiger partial charge in [-0.2, -0.15) is 10.2 Å². The second-order valence-corrected chi connectivity index (χ2v) is 8.85. The van der Waals surface area contributed by atoms with Gasteiger partial charge in [-0.25, -0.2) is 4.79 Å². The summed E-state index contributed by atoms with van der Waals surface area (Å²) in [6.07, 6.45) is 4.34. The summed E-state index contributed by atoms with van der Waals surface area (Å²) in [6.45, 7) is 10.7. The molecule has 2 aromatic rings. The number of nitrogens with one attached hydrogen (secondary N) is 1. The molecule has 0 saturated carbocycles. The fourth-order valence-electron chi connectivity index (χ4n) is 3.49. The van der Waals surface area contributed by atoms with Gasteiger partial charge >= 0.3 is 6.09 Å². The average molecular weight is 480 g/mol. The van der Waals surface area contributed by atoms with Crippen molar-refractivity contribution in [2.45, 2.75) is 46.2 Å². The summed E-state index contributed by atoms with van der Waals surface area (Å²) >= 11 is 5.94. The molecule has 1 saturated heterocycles. The number of carbonyl (C=O) groups is 3. The quantitative estimate of drug-likeness (QED) is 0.679. The molecule has 0 aliphatic carbocycles. The van der Waals surface area contributed by atoms with Gasteiger partial charge in [0.25, 0.3) is 5.91 Å². The van der Waals surface area contributed by atoms with E-state index in [1.165, 1.54) is 10.9 Å². The predicted molar refractivity (Wildman–Crippen MR) is 122 cm³/mol. The first-order valence-electron chi connectivity index (χ1n) is 10.8. The van der Waals surface area contributed by atoms with Crippen molar-refractivity contribution in [3.8, 4) is 0 Å². The fourth-order valence-corrected chi connectivity index (χ4v) is 3.63. The highest BCUT2D eigenvalue weighted by atomic mass is 35.5. The Kier molecular flexibility index (Phi) is 7.31. The Labute approximate surface area is 197 Å². The molecule has 1 aliphatic rings. The van der Waals surface area contributed by atoms with E-state index in [0.29, 0.717) is 49.2 Å². The minimum atomic E-state index is -0.984. The van der Waals surface area contributed by atoms with Gasteiger partial charge in [-0.15, -0.1) is 0 Å². The molecule has 3 heterocycles. The van der Waals surface area contributed by atoms with Crippen molar-refractivity contribution in [2.75, 3.05) is 38.1 Å². The molecule has 3 amide bonds. The van der Waals surface area contributed by atoms with Crippen LogP contribution in [-0.2, 0) is 19.9 Å². The summed E-state index contributed by atoms with van der Waals surface area (Å²) < 4.78 is 8.05. The van der Waals surface area contributed by atoms with Crippen LogP contribution in [0.25, 0.3) is 0 Å². The van der Waals surface area contributed by atoms with E-state index < -0.39 is 11.6 Å². The molecule has 0 aromatic carbocycles. The first kappa shape index (κ1) is 24.6. The minimum absolute atomic E-state index is 0.106. The smallest absolute Gasteiger partial charge is 0.409 e. The third-order valence-electron chi connectivity index (χ3n) is 5.72. The number of hydrogen-bond acceptors (Lipinski definition) is 6. The number of aryl methyl sites for hydroxylation is 1. The monoisotopic (exact) mass is 479 g/mol. The summed E-state index contributed by atoms with van der Waals surface area (Å²) in [5, 5.41) is 11.9. The maximum Gasteiger partial charge on any atom is 0.409 e. The standard InChI is InChI=1S/C21H30ClN7O4/c1-6-33-20(32)27-9-7-26(8-10-27)18(30)15(3)28-13-17(14(2)25-28)24-19(31)21(4,5)29-12-16(22)11-23-29/h11-13,15H,6-10H2,1-5H3,(H,24,31). The number of amides is 3. The van der Waals surface area contributed by atoms with Gasteiger partial charge in [0.2, 0.25) is 5.91 Å². The van der Waals surface area contributed by atoms with E-state index in [2.05, 4.69) is 15.5 Å². The first-order chi connectivity index (χ1) is 15.5. The van der Waals surface area contributed by atoms with Gasteiger partial charge < -0.3 is 19.9 Å². The lowest BCUT2D eigenvalue weighted by molar-refractivity contribution is -0.136. The molecule has 33 heavy (non-hydrogen) atoms. The summed E-state index contributed by atoms with van der Waals surface area (Å²) in [4.78, 5) is 41.1. The van der Waals surface area contributed by atoms with Gasteiger partial charge in [0.05, 0.1) is 29.2 Å². The average Bonchev–Trinajstić information content (AvgIpc) is 3.39. The van der Waals surface area contributed by atoms with Gasteiger partial charge in [-0.3, -0.25) is 19.0 Å². The van der Waals surface area contributed by atoms with Crippen LogP contribution in [0, 0.1) is 6.92 Å². The molecule has 3 rings (SSSR count). The van der Waals surface area contributed by atoms with Crippen molar-refractivity contribution in [1.82, 2.24) is 29.4 Å². The van der Waals surface area contributed by atoms with Crippen LogP contribution >= 0.6 is 11.6 Å². The Balaban J connectivity index is 1.64. The number of piperazine rings is 1. The van der Waals surface area contributed by atoms with Gasteiger partial charge in [-0.05, 0) is 34.6 Å². The summed E-state index contributed by atoms with van der Waals surface area (Å²) in [5.74, 6) is -0.399. The Morgan fingerprint density at radius 3 is 2.39 bits per heavy atom. The van der Waals surface area contributed by atoms with E-state index in [9.17, 15) is 14.4 Å². The van der Waals surface area contributed by atoms with Crippen LogP contribution < -0.4 is 5.32 Å². The van der Waals surface area contributed by atoms with Gasteiger partial charge in [-0.1, -0.05) is 11.6 Å². The highest BCUT2D eigenvalue weighted by molar-refractivity contribution is 6.30. The van der Waals surface area contributed by atoms with Crippen LogP contribution in [0.1, 0.15) is 39.4 Å². The number of anilines is 1. The van der Waals surface area contributed by atoms with Gasteiger partial charge in [0, 0.05) is 38.6 Å². The van der Waals surface area contributed by atoms with Gasteiger partial charge in [0.15, 0.2) is 0 Å². The number of rotatable bonds is 6. The second-order valence-electron chi connectivity index (χ2n) is 8.41. The van der Waals surface area contributed by atoms with E-state index in [0.717, 1.165) is 0 Å². The number of hydrogen-bond donors (Lipinski definition) is 1. The maximum atomic E-state index is 13.0. The number of aromatic nitrogens is 4. The predicted octanol–water partition coefficient (Wildman–Crippen LogP) is 2.28. The zero-order valence-corrected chi connectivity index (χ0v) is 20.3. The molecule has 11 nitrogen and oxygen atoms in total. The van der Waals surface area contributed by atoms with E-state index in [1.54, 1.807) is 61.5 Å². The first-order valence-corrected chi connectivity index (χ1v) is 11.2. The SMILES string of the molecule is CCOC(=O)N1CCN(C(=O)C(C)n2cc(NC(=O)C(C)(C)n3cc(Cl)cn3)c(C)n2)CC1. The van der Waals surface area contributed by atoms with E-state index in [4.69, 9.17) is 16.3 Å². The van der Waals surface area contributed by atoms with E-state index in [1.807, 2.05) is 0 Å². The van der Waals surface area contributed by atoms with Crippen molar-refractivity contribution in [2.24, 2.45) is 0 Å². The van der Waals surface area contributed by atoms with Crippen LogP contribution in [0.5, 0.6) is 0 Å². The number of nitrogens with zero attached hydrogens (tertiary/aromatic N) is 6. The Morgan fingerprint density at radius 1 is 1.18 bits per heavy atom. The highest BCUT2D eigenvalue weighted by Crippen LogP contribution is 2.23. The Morgan fingerprint density at radius 2 is 1.82 bits per heavy atom. The second kappa shape index (κ2) is 9.82. The third-order valence-corrected chi connectivity index (χ3v) is 5.91. The minimum Gasteiger partial charge on any atom is -0.450 e. The molecule has 2 aromatic heterocycles. The molecule has 0 bridgehead atoms. The van der Waals surface area contributed by atoms with Crippen LogP contribution in [0.15, 0.2) is 18.6 Å². The molecule has 180 valence electrons. The zero-order chi connectivity index (χ0) is 24.3. The largest absolute Gasteiger partial charge is 0.450 e. The summed E-state index contributed by atoms with van der Waals surface area (Å²) in [6, 6.07) is -0.568. The van der Waals surface area contributed by atoms with Crippen LogP contribution in [0.3, 0.4) is 0 Å². The molecule has 1 atom stereocenters. The third kappa shape index (κ3) is 5.29. The molecule has 12 heteroatoms. The lowest BCUT2D eigenvalue weighted by atomic mass is 10.1. The zero-order valence-electron chi connectivity index (χ0n) is 19.5. The number of ether oxygens (including phenoxy) is 1. The number of carbonyl (C=O) groups excluding carboxylic acids is 3. The lowest BCUT2D eigenvalue weighted by Crippen LogP contribution is -2.52. The van der Waals surface area contributed by atoms with Crippen molar-refractivity contribution >= 4 is 35.2 Å². The Hall–Kier alpha value is -3.08. The van der Waals surface area contributed by atoms with Crippen LogP contribution in [0.4, 0.5) is 10.5 Å². The normalized spacial score (nSPS) is 15.3. The Bertz CT molecular complexity index is 1020. The van der Waals surface area contributed by atoms with Crippen LogP contribution in [0.2, 0.25) is 5.02 Å². The fraction of sp³-hybridized carbons (Fsp3) is 0.571. The summed E-state index contributed by atoms with van der Waals surface area (Å²) in [7, 11) is 0. The molecule has 0 spiro atoms. The molecular formula is C21H30ClN7O4. The summed E-state index contributed by atoms with van der Waals surface area (Å²) in [5.41, 5.74) is 0.115. The molecule has 0 radical (unpaired) electrons. The number of halogens is 1. The molecule has 1 unspecified atom stereocenters. The molecule has 1 aliphatic heterocycles. The molecule has 1 N–H and O–H groups in total. The lowest BCUT2D eigenvalue weighted by Gasteiger charge is -2.35. The van der Waals surface area contributed by atoms with E-state index in [-0.39, 0.29) is 17.9 Å². The molecular weight excluding hydrogens is 450 g/mol. The van der Waals surface area contributed by atoms with Crippen molar-refractivity contribution in [3.05, 3.63) is 29.3 Å². The topological polar surface area (TPSA) is 115 Å². The maximum absolute atomic E-state index is 13.0. The van der Waals surface area contributed by atoms with E-state index >= 15 is 0 Å². The highest BCUT2D eigenvalue weighted by Gasteiger charge is 2.32. The van der Waals surface area contributed by atoms with Crippen molar-refractivity contribution in [3.63, 3.8) is 0 Å². The molecule has 1 fully saturated rings. The van der Waals surface area contributed by atoms with Gasteiger partial charge in [0.1, 0.15) is 11.6 Å².